The number of amides is 1. The topological polar surface area (TPSA) is 97.1 Å². The standard InChI is InChI=1S/C31H38N6O2/c1-6-22(5)37(18-26-19(2)13-21(4)35-30(26)38)31(39)25-14-24(15-27-29(25)20(3)16-33-27)23-7-8-28(34-17-23)36-11-9-32-10-12-36/h7-8,13-17,22,32-33H,6,9-12,18H2,1-5H3,(H,35,38)/t22-/m0/s1. The summed E-state index contributed by atoms with van der Waals surface area (Å²) in [5, 5.41) is 4.29. The normalized spacial score (nSPS) is 14.5. The van der Waals surface area contributed by atoms with Crippen LogP contribution >= 0.6 is 0 Å². The highest BCUT2D eigenvalue weighted by Crippen LogP contribution is 2.32. The van der Waals surface area contributed by atoms with Crippen LogP contribution in [0, 0.1) is 20.8 Å². The summed E-state index contributed by atoms with van der Waals surface area (Å²) in [4.78, 5) is 42.3. The molecule has 8 nitrogen and oxygen atoms in total. The van der Waals surface area contributed by atoms with Crippen LogP contribution in [0.5, 0.6) is 0 Å². The Labute approximate surface area is 229 Å². The van der Waals surface area contributed by atoms with Crippen LogP contribution in [0.15, 0.2) is 47.5 Å². The number of carbonyl (C=O) groups is 1. The SMILES string of the molecule is CC[C@H](C)N(Cc1c(C)cc(C)[nH]c1=O)C(=O)c1cc(-c2ccc(N3CCNCC3)nc2)cc2[nH]cc(C)c12. The molecule has 0 bridgehead atoms. The number of aromatic nitrogens is 3. The Kier molecular flexibility index (Phi) is 7.57. The fourth-order valence-corrected chi connectivity index (χ4v) is 5.46. The van der Waals surface area contributed by atoms with Gasteiger partial charge in [-0.25, -0.2) is 4.98 Å². The Bertz CT molecular complexity index is 1550. The van der Waals surface area contributed by atoms with E-state index < -0.39 is 0 Å². The van der Waals surface area contributed by atoms with Gasteiger partial charge in [-0.05, 0) is 81.1 Å². The highest BCUT2D eigenvalue weighted by Gasteiger charge is 2.26. The Balaban J connectivity index is 1.55. The van der Waals surface area contributed by atoms with Crippen LogP contribution in [0.4, 0.5) is 5.82 Å². The first-order chi connectivity index (χ1) is 18.8. The van der Waals surface area contributed by atoms with Gasteiger partial charge in [-0.1, -0.05) is 6.92 Å². The van der Waals surface area contributed by atoms with E-state index in [-0.39, 0.29) is 24.1 Å². The summed E-state index contributed by atoms with van der Waals surface area (Å²) in [5.41, 5.74) is 6.64. The average molecular weight is 527 g/mol. The number of benzene rings is 1. The number of anilines is 1. The monoisotopic (exact) mass is 526 g/mol. The Morgan fingerprint density at radius 3 is 2.51 bits per heavy atom. The molecule has 3 N–H and O–H groups in total. The molecule has 204 valence electrons. The van der Waals surface area contributed by atoms with E-state index in [9.17, 15) is 9.59 Å². The van der Waals surface area contributed by atoms with Crippen LogP contribution in [-0.2, 0) is 6.54 Å². The molecule has 4 aromatic rings. The molecule has 8 heteroatoms. The molecule has 1 aliphatic rings. The summed E-state index contributed by atoms with van der Waals surface area (Å²) in [7, 11) is 0. The molecule has 1 aliphatic heterocycles. The number of nitrogens with zero attached hydrogens (tertiary/aromatic N) is 3. The summed E-state index contributed by atoms with van der Waals surface area (Å²) in [6.45, 7) is 14.0. The number of nitrogens with one attached hydrogen (secondary N) is 3. The average Bonchev–Trinajstić information content (AvgIpc) is 3.32. The van der Waals surface area contributed by atoms with E-state index in [1.165, 1.54) is 0 Å². The molecular formula is C31H38N6O2. The minimum absolute atomic E-state index is 0.0458. The number of hydrogen-bond donors (Lipinski definition) is 3. The molecule has 3 aromatic heterocycles. The zero-order valence-electron chi connectivity index (χ0n) is 23.5. The van der Waals surface area contributed by atoms with Crippen molar-refractivity contribution in [3.8, 4) is 11.1 Å². The van der Waals surface area contributed by atoms with Gasteiger partial charge in [-0.15, -0.1) is 0 Å². The van der Waals surface area contributed by atoms with Gasteiger partial charge in [0.25, 0.3) is 11.5 Å². The van der Waals surface area contributed by atoms with Gasteiger partial charge in [0.2, 0.25) is 0 Å². The van der Waals surface area contributed by atoms with Gasteiger partial charge in [0.15, 0.2) is 0 Å². The molecule has 1 amide bonds. The van der Waals surface area contributed by atoms with E-state index in [1.54, 1.807) is 0 Å². The van der Waals surface area contributed by atoms with E-state index in [0.29, 0.717) is 11.1 Å². The summed E-state index contributed by atoms with van der Waals surface area (Å²) < 4.78 is 0. The first-order valence-corrected chi connectivity index (χ1v) is 13.8. The Morgan fingerprint density at radius 1 is 1.08 bits per heavy atom. The number of fused-ring (bicyclic) bond motifs is 1. The third kappa shape index (κ3) is 5.34. The number of carbonyl (C=O) groups excluding carboxylic acids is 1. The van der Waals surface area contributed by atoms with E-state index in [4.69, 9.17) is 4.98 Å². The lowest BCUT2D eigenvalue weighted by Crippen LogP contribution is -2.43. The number of aryl methyl sites for hydroxylation is 3. The Morgan fingerprint density at radius 2 is 1.85 bits per heavy atom. The quantitative estimate of drug-likeness (QED) is 0.325. The van der Waals surface area contributed by atoms with Crippen LogP contribution in [0.1, 0.15) is 53.0 Å². The number of hydrogen-bond acceptors (Lipinski definition) is 5. The highest BCUT2D eigenvalue weighted by molar-refractivity contribution is 6.09. The van der Waals surface area contributed by atoms with Crippen molar-refractivity contribution >= 4 is 22.6 Å². The number of rotatable bonds is 7. The van der Waals surface area contributed by atoms with Crippen molar-refractivity contribution in [3.05, 3.63) is 81.0 Å². The maximum Gasteiger partial charge on any atom is 0.255 e. The fourth-order valence-electron chi connectivity index (χ4n) is 5.46. The lowest BCUT2D eigenvalue weighted by Gasteiger charge is -2.30. The van der Waals surface area contributed by atoms with Crippen molar-refractivity contribution in [1.29, 1.82) is 0 Å². The molecule has 5 rings (SSSR count). The zero-order valence-corrected chi connectivity index (χ0v) is 23.5. The molecule has 0 unspecified atom stereocenters. The van der Waals surface area contributed by atoms with Gasteiger partial charge in [0, 0.05) is 77.9 Å². The third-order valence-corrected chi connectivity index (χ3v) is 7.94. The van der Waals surface area contributed by atoms with Crippen molar-refractivity contribution in [2.75, 3.05) is 31.1 Å². The molecule has 1 saturated heterocycles. The molecule has 0 saturated carbocycles. The second kappa shape index (κ2) is 11.1. The summed E-state index contributed by atoms with van der Waals surface area (Å²) in [5.74, 6) is 0.888. The maximum atomic E-state index is 14.3. The van der Waals surface area contributed by atoms with Crippen molar-refractivity contribution in [1.82, 2.24) is 25.2 Å². The van der Waals surface area contributed by atoms with Gasteiger partial charge in [-0.2, -0.15) is 0 Å². The molecule has 0 aliphatic carbocycles. The number of pyridine rings is 2. The first-order valence-electron chi connectivity index (χ1n) is 13.8. The van der Waals surface area contributed by atoms with Gasteiger partial charge < -0.3 is 25.1 Å². The van der Waals surface area contributed by atoms with Crippen LogP contribution in [0.25, 0.3) is 22.0 Å². The van der Waals surface area contributed by atoms with Gasteiger partial charge in [0.1, 0.15) is 5.82 Å². The van der Waals surface area contributed by atoms with Gasteiger partial charge in [0.05, 0.1) is 6.54 Å². The van der Waals surface area contributed by atoms with Crippen molar-refractivity contribution in [2.45, 2.75) is 53.6 Å². The summed E-state index contributed by atoms with van der Waals surface area (Å²) in [6.07, 6.45) is 4.62. The maximum absolute atomic E-state index is 14.3. The number of piperazine rings is 1. The fraction of sp³-hybridized carbons (Fsp3) is 0.387. The number of H-pyrrole nitrogens is 2. The molecular weight excluding hydrogens is 488 g/mol. The van der Waals surface area contributed by atoms with E-state index >= 15 is 0 Å². The van der Waals surface area contributed by atoms with Crippen LogP contribution in [0.3, 0.4) is 0 Å². The molecule has 0 spiro atoms. The minimum atomic E-state index is -0.138. The Hall–Kier alpha value is -3.91. The van der Waals surface area contributed by atoms with Crippen molar-refractivity contribution in [3.63, 3.8) is 0 Å². The predicted octanol–water partition coefficient (Wildman–Crippen LogP) is 4.69. The lowest BCUT2D eigenvalue weighted by molar-refractivity contribution is 0.0672. The predicted molar refractivity (Wildman–Crippen MR) is 158 cm³/mol. The van der Waals surface area contributed by atoms with Crippen molar-refractivity contribution in [2.24, 2.45) is 0 Å². The summed E-state index contributed by atoms with van der Waals surface area (Å²) in [6, 6.07) is 10.1. The smallest absolute Gasteiger partial charge is 0.255 e. The van der Waals surface area contributed by atoms with E-state index in [2.05, 4.69) is 45.3 Å². The van der Waals surface area contributed by atoms with Gasteiger partial charge >= 0.3 is 0 Å². The third-order valence-electron chi connectivity index (χ3n) is 7.94. The molecule has 1 fully saturated rings. The molecule has 39 heavy (non-hydrogen) atoms. The highest BCUT2D eigenvalue weighted by atomic mass is 16.2. The van der Waals surface area contributed by atoms with E-state index in [0.717, 1.165) is 77.3 Å². The van der Waals surface area contributed by atoms with Gasteiger partial charge in [-0.3, -0.25) is 9.59 Å². The van der Waals surface area contributed by atoms with E-state index in [1.807, 2.05) is 57.1 Å². The molecule has 1 aromatic carbocycles. The van der Waals surface area contributed by atoms with Crippen LogP contribution < -0.4 is 15.8 Å². The van der Waals surface area contributed by atoms with Crippen molar-refractivity contribution < 1.29 is 4.79 Å². The van der Waals surface area contributed by atoms with Crippen LogP contribution in [-0.4, -0.2) is 58.0 Å². The second-order valence-electron chi connectivity index (χ2n) is 10.7. The van der Waals surface area contributed by atoms with Crippen LogP contribution in [0.2, 0.25) is 0 Å². The molecule has 1 atom stereocenters. The minimum Gasteiger partial charge on any atom is -0.361 e. The first kappa shape index (κ1) is 26.7. The summed E-state index contributed by atoms with van der Waals surface area (Å²) >= 11 is 0. The number of aromatic amines is 2. The largest absolute Gasteiger partial charge is 0.361 e. The lowest BCUT2D eigenvalue weighted by atomic mass is 9.97. The molecule has 0 radical (unpaired) electrons. The second-order valence-corrected chi connectivity index (χ2v) is 10.7. The zero-order chi connectivity index (χ0) is 27.7. The molecule has 4 heterocycles.